The van der Waals surface area contributed by atoms with Gasteiger partial charge >= 0.3 is 5.97 Å². The minimum atomic E-state index is -0.936. The van der Waals surface area contributed by atoms with Crippen LogP contribution in [0.2, 0.25) is 0 Å². The maximum Gasteiger partial charge on any atom is 0.335 e. The predicted octanol–water partition coefficient (Wildman–Crippen LogP) is 3.07. The fraction of sp³-hybridized carbons (Fsp3) is 0.154. The average molecular weight is 248 g/mol. The fourth-order valence-corrected chi connectivity index (χ4v) is 2.13. The number of carboxylic acid groups (broad SMARTS) is 1. The smallest absolute Gasteiger partial charge is 0.335 e. The highest BCUT2D eigenvalue weighted by Gasteiger charge is 2.03. The molecule has 0 spiro atoms. The van der Waals surface area contributed by atoms with Crippen molar-refractivity contribution >= 4 is 17.3 Å². The number of thiophene rings is 1. The summed E-state index contributed by atoms with van der Waals surface area (Å²) < 4.78 is 5.51. The normalized spacial score (nSPS) is 10.1. The Labute approximate surface area is 103 Å². The molecule has 0 atom stereocenters. The third kappa shape index (κ3) is 3.32. The van der Waals surface area contributed by atoms with Crippen LogP contribution in [-0.4, -0.2) is 17.7 Å². The molecule has 0 aliphatic rings. The van der Waals surface area contributed by atoms with Crippen LogP contribution in [0.5, 0.6) is 5.75 Å². The van der Waals surface area contributed by atoms with Crippen LogP contribution in [-0.2, 0) is 6.42 Å². The molecule has 88 valence electrons. The summed E-state index contributed by atoms with van der Waals surface area (Å²) in [6, 6.07) is 10.6. The zero-order chi connectivity index (χ0) is 12.1. The third-order valence-electron chi connectivity index (χ3n) is 2.28. The molecule has 0 saturated heterocycles. The van der Waals surface area contributed by atoms with E-state index in [0.717, 1.165) is 6.42 Å². The van der Waals surface area contributed by atoms with Gasteiger partial charge in [-0.25, -0.2) is 4.79 Å². The highest BCUT2D eigenvalue weighted by molar-refractivity contribution is 7.09. The maximum absolute atomic E-state index is 10.8. The van der Waals surface area contributed by atoms with E-state index in [-0.39, 0.29) is 5.56 Å². The molecule has 0 unspecified atom stereocenters. The number of aromatic carboxylic acids is 1. The summed E-state index contributed by atoms with van der Waals surface area (Å²) in [5, 5.41) is 10.9. The molecular formula is C13H12O3S. The van der Waals surface area contributed by atoms with Gasteiger partial charge in [0.15, 0.2) is 0 Å². The summed E-state index contributed by atoms with van der Waals surface area (Å²) >= 11 is 1.69. The Hall–Kier alpha value is -1.81. The Bertz CT molecular complexity index is 491. The molecule has 1 heterocycles. The maximum atomic E-state index is 10.8. The zero-order valence-corrected chi connectivity index (χ0v) is 9.94. The van der Waals surface area contributed by atoms with Crippen molar-refractivity contribution in [3.8, 4) is 5.75 Å². The first-order valence-corrected chi connectivity index (χ1v) is 6.12. The molecule has 17 heavy (non-hydrogen) atoms. The van der Waals surface area contributed by atoms with Gasteiger partial charge in [0.05, 0.1) is 12.2 Å². The van der Waals surface area contributed by atoms with Gasteiger partial charge in [0, 0.05) is 11.3 Å². The number of hydrogen-bond donors (Lipinski definition) is 1. The van der Waals surface area contributed by atoms with Crippen LogP contribution in [0.25, 0.3) is 0 Å². The standard InChI is InChI=1S/C13H12O3S/c14-13(15)10-3-1-4-11(9-10)16-7-6-12-5-2-8-17-12/h1-5,8-9H,6-7H2,(H,14,15). The van der Waals surface area contributed by atoms with Crippen molar-refractivity contribution in [3.05, 3.63) is 52.2 Å². The van der Waals surface area contributed by atoms with E-state index in [4.69, 9.17) is 9.84 Å². The fourth-order valence-electron chi connectivity index (χ4n) is 1.44. The number of carbonyl (C=O) groups is 1. The molecule has 0 fully saturated rings. The van der Waals surface area contributed by atoms with Crippen LogP contribution in [0.15, 0.2) is 41.8 Å². The number of benzene rings is 1. The second kappa shape index (κ2) is 5.50. The van der Waals surface area contributed by atoms with Gasteiger partial charge in [0.2, 0.25) is 0 Å². The number of carboxylic acids is 1. The van der Waals surface area contributed by atoms with E-state index in [1.54, 1.807) is 29.5 Å². The Morgan fingerprint density at radius 2 is 2.18 bits per heavy atom. The molecule has 1 N–H and O–H groups in total. The lowest BCUT2D eigenvalue weighted by Gasteiger charge is -2.05. The second-order valence-corrected chi connectivity index (χ2v) is 4.54. The van der Waals surface area contributed by atoms with E-state index in [0.29, 0.717) is 12.4 Å². The summed E-state index contributed by atoms with van der Waals surface area (Å²) in [5.41, 5.74) is 0.249. The second-order valence-electron chi connectivity index (χ2n) is 3.51. The van der Waals surface area contributed by atoms with Gasteiger partial charge in [-0.3, -0.25) is 0 Å². The molecule has 0 saturated carbocycles. The minimum Gasteiger partial charge on any atom is -0.493 e. The van der Waals surface area contributed by atoms with Gasteiger partial charge in [-0.15, -0.1) is 11.3 Å². The highest BCUT2D eigenvalue weighted by Crippen LogP contribution is 2.15. The first kappa shape index (κ1) is 11.7. The van der Waals surface area contributed by atoms with Crippen molar-refractivity contribution in [2.45, 2.75) is 6.42 Å². The molecule has 0 aliphatic carbocycles. The van der Waals surface area contributed by atoms with Crippen molar-refractivity contribution in [1.82, 2.24) is 0 Å². The first-order chi connectivity index (χ1) is 8.25. The summed E-state index contributed by atoms with van der Waals surface area (Å²) in [4.78, 5) is 12.0. The van der Waals surface area contributed by atoms with Crippen LogP contribution in [0.3, 0.4) is 0 Å². The molecule has 0 amide bonds. The Morgan fingerprint density at radius 3 is 2.88 bits per heavy atom. The Kier molecular flexibility index (Phi) is 3.77. The lowest BCUT2D eigenvalue weighted by Crippen LogP contribution is -2.02. The van der Waals surface area contributed by atoms with Gasteiger partial charge in [0.1, 0.15) is 5.75 Å². The van der Waals surface area contributed by atoms with Crippen molar-refractivity contribution in [1.29, 1.82) is 0 Å². The monoisotopic (exact) mass is 248 g/mol. The molecule has 3 nitrogen and oxygen atoms in total. The van der Waals surface area contributed by atoms with Crippen molar-refractivity contribution < 1.29 is 14.6 Å². The summed E-state index contributed by atoms with van der Waals surface area (Å²) in [5.74, 6) is -0.338. The van der Waals surface area contributed by atoms with E-state index in [1.807, 2.05) is 11.4 Å². The highest BCUT2D eigenvalue weighted by atomic mass is 32.1. The van der Waals surface area contributed by atoms with Crippen LogP contribution in [0.4, 0.5) is 0 Å². The molecule has 1 aromatic carbocycles. The Balaban J connectivity index is 1.90. The first-order valence-electron chi connectivity index (χ1n) is 5.24. The van der Waals surface area contributed by atoms with Crippen molar-refractivity contribution in [2.24, 2.45) is 0 Å². The molecule has 0 radical (unpaired) electrons. The summed E-state index contributed by atoms with van der Waals surface area (Å²) in [7, 11) is 0. The lowest BCUT2D eigenvalue weighted by molar-refractivity contribution is 0.0696. The van der Waals surface area contributed by atoms with E-state index in [1.165, 1.54) is 10.9 Å². The molecular weight excluding hydrogens is 236 g/mol. The third-order valence-corrected chi connectivity index (χ3v) is 3.21. The van der Waals surface area contributed by atoms with Gasteiger partial charge < -0.3 is 9.84 Å². The van der Waals surface area contributed by atoms with Gasteiger partial charge in [-0.1, -0.05) is 12.1 Å². The van der Waals surface area contributed by atoms with Crippen LogP contribution in [0, 0.1) is 0 Å². The van der Waals surface area contributed by atoms with Gasteiger partial charge in [0.25, 0.3) is 0 Å². The van der Waals surface area contributed by atoms with Crippen LogP contribution in [0.1, 0.15) is 15.2 Å². The van der Waals surface area contributed by atoms with Crippen LogP contribution >= 0.6 is 11.3 Å². The van der Waals surface area contributed by atoms with E-state index in [2.05, 4.69) is 6.07 Å². The Morgan fingerprint density at radius 1 is 1.29 bits per heavy atom. The van der Waals surface area contributed by atoms with E-state index < -0.39 is 5.97 Å². The molecule has 2 rings (SSSR count). The molecule has 1 aromatic heterocycles. The molecule has 0 aliphatic heterocycles. The average Bonchev–Trinajstić information content (AvgIpc) is 2.82. The van der Waals surface area contributed by atoms with E-state index in [9.17, 15) is 4.79 Å². The van der Waals surface area contributed by atoms with Gasteiger partial charge in [-0.2, -0.15) is 0 Å². The number of ether oxygens (including phenoxy) is 1. The predicted molar refractivity (Wildman–Crippen MR) is 66.9 cm³/mol. The summed E-state index contributed by atoms with van der Waals surface area (Å²) in [6.45, 7) is 0.559. The molecule has 2 aromatic rings. The van der Waals surface area contributed by atoms with Gasteiger partial charge in [-0.05, 0) is 29.6 Å². The van der Waals surface area contributed by atoms with E-state index >= 15 is 0 Å². The molecule has 4 heteroatoms. The lowest BCUT2D eigenvalue weighted by atomic mass is 10.2. The number of hydrogen-bond acceptors (Lipinski definition) is 3. The topological polar surface area (TPSA) is 46.5 Å². The quantitative estimate of drug-likeness (QED) is 0.884. The van der Waals surface area contributed by atoms with Crippen LogP contribution < -0.4 is 4.74 Å². The number of rotatable bonds is 5. The van der Waals surface area contributed by atoms with Crippen molar-refractivity contribution in [2.75, 3.05) is 6.61 Å². The minimum absolute atomic E-state index is 0.249. The summed E-state index contributed by atoms with van der Waals surface area (Å²) in [6.07, 6.45) is 0.842. The SMILES string of the molecule is O=C(O)c1cccc(OCCc2cccs2)c1. The zero-order valence-electron chi connectivity index (χ0n) is 9.13. The molecule has 0 bridgehead atoms. The largest absolute Gasteiger partial charge is 0.493 e. The van der Waals surface area contributed by atoms with Crippen molar-refractivity contribution in [3.63, 3.8) is 0 Å².